The summed E-state index contributed by atoms with van der Waals surface area (Å²) in [5, 5.41) is 6.55. The topological polar surface area (TPSA) is 74.9 Å². The van der Waals surface area contributed by atoms with E-state index in [4.69, 9.17) is 9.15 Å². The molecule has 7 nitrogen and oxygen atoms in total. The van der Waals surface area contributed by atoms with Crippen molar-refractivity contribution in [3.05, 3.63) is 47.7 Å². The number of hydrogen-bond donors (Lipinski definition) is 2. The van der Waals surface area contributed by atoms with Crippen molar-refractivity contribution in [2.75, 3.05) is 32.8 Å². The lowest BCUT2D eigenvalue weighted by molar-refractivity contribution is 0.223. The number of nitrogens with one attached hydrogen (secondary N) is 2. The van der Waals surface area contributed by atoms with Gasteiger partial charge in [-0.2, -0.15) is 0 Å². The Balaban J connectivity index is 1.86. The van der Waals surface area contributed by atoms with Gasteiger partial charge in [0.05, 0.1) is 19.3 Å². The SMILES string of the molecule is CCNC(=NCc1ccc(OCCN(CC)CC)cc1)NCc1ncc(C(C)(C)C)o1. The standard InChI is InChI=1S/C24H39N5O2/c1-7-25-23(28-18-22-26-17-21(31-22)24(4,5)6)27-16-19-10-12-20(13-11-19)30-15-14-29(8-2)9-3/h10-13,17H,7-9,14-16,18H2,1-6H3,(H2,25,27,28). The van der Waals surface area contributed by atoms with E-state index >= 15 is 0 Å². The second-order valence-electron chi connectivity index (χ2n) is 8.44. The van der Waals surface area contributed by atoms with Crippen LogP contribution < -0.4 is 15.4 Å². The molecule has 1 heterocycles. The average Bonchev–Trinajstić information content (AvgIpc) is 3.24. The quantitative estimate of drug-likeness (QED) is 0.416. The fourth-order valence-corrected chi connectivity index (χ4v) is 2.93. The van der Waals surface area contributed by atoms with Gasteiger partial charge in [-0.3, -0.25) is 0 Å². The predicted molar refractivity (Wildman–Crippen MR) is 127 cm³/mol. The third kappa shape index (κ3) is 8.61. The maximum atomic E-state index is 5.85. The van der Waals surface area contributed by atoms with E-state index in [1.165, 1.54) is 0 Å². The molecule has 0 aliphatic rings. The third-order valence-corrected chi connectivity index (χ3v) is 4.96. The molecule has 0 spiro atoms. The van der Waals surface area contributed by atoms with Crippen molar-refractivity contribution in [1.29, 1.82) is 0 Å². The number of rotatable bonds is 11. The fraction of sp³-hybridized carbons (Fsp3) is 0.583. The Bertz CT molecular complexity index is 789. The van der Waals surface area contributed by atoms with Crippen LogP contribution in [0.2, 0.25) is 0 Å². The maximum Gasteiger partial charge on any atom is 0.213 e. The largest absolute Gasteiger partial charge is 0.492 e. The number of hydrogen-bond acceptors (Lipinski definition) is 5. The molecule has 2 N–H and O–H groups in total. The number of aromatic nitrogens is 1. The van der Waals surface area contributed by atoms with Gasteiger partial charge in [0, 0.05) is 18.5 Å². The summed E-state index contributed by atoms with van der Waals surface area (Å²) in [5.41, 5.74) is 1.07. The molecule has 2 aromatic rings. The molecule has 0 fully saturated rings. The van der Waals surface area contributed by atoms with Crippen LogP contribution in [0.3, 0.4) is 0 Å². The number of likely N-dealkylation sites (N-methyl/N-ethyl adjacent to an activating group) is 1. The number of benzene rings is 1. The number of aliphatic imine (C=N–C) groups is 1. The number of nitrogens with zero attached hydrogens (tertiary/aromatic N) is 3. The molecule has 2 rings (SSSR count). The number of oxazole rings is 1. The summed E-state index contributed by atoms with van der Waals surface area (Å²) in [6.45, 7) is 18.3. The summed E-state index contributed by atoms with van der Waals surface area (Å²) in [5.74, 6) is 3.16. The van der Waals surface area contributed by atoms with Gasteiger partial charge < -0.3 is 24.7 Å². The van der Waals surface area contributed by atoms with E-state index in [0.29, 0.717) is 25.6 Å². The second-order valence-corrected chi connectivity index (χ2v) is 8.44. The van der Waals surface area contributed by atoms with E-state index in [1.807, 2.05) is 19.1 Å². The second kappa shape index (κ2) is 12.3. The minimum atomic E-state index is -0.0505. The van der Waals surface area contributed by atoms with Gasteiger partial charge in [-0.15, -0.1) is 0 Å². The lowest BCUT2D eigenvalue weighted by Crippen LogP contribution is -2.36. The van der Waals surface area contributed by atoms with Crippen molar-refractivity contribution < 1.29 is 9.15 Å². The van der Waals surface area contributed by atoms with Crippen molar-refractivity contribution in [1.82, 2.24) is 20.5 Å². The van der Waals surface area contributed by atoms with Crippen LogP contribution in [0, 0.1) is 0 Å². The summed E-state index contributed by atoms with van der Waals surface area (Å²) in [4.78, 5) is 11.4. The molecule has 0 amide bonds. The molecule has 0 saturated carbocycles. The van der Waals surface area contributed by atoms with Crippen molar-refractivity contribution in [3.8, 4) is 5.75 Å². The van der Waals surface area contributed by atoms with E-state index in [9.17, 15) is 0 Å². The number of ether oxygens (including phenoxy) is 1. The Kier molecular flexibility index (Phi) is 9.85. The van der Waals surface area contributed by atoms with Crippen LogP contribution in [0.5, 0.6) is 5.75 Å². The fourth-order valence-electron chi connectivity index (χ4n) is 2.93. The summed E-state index contributed by atoms with van der Waals surface area (Å²) in [6.07, 6.45) is 1.80. The highest BCUT2D eigenvalue weighted by Gasteiger charge is 2.19. The summed E-state index contributed by atoms with van der Waals surface area (Å²) < 4.78 is 11.7. The van der Waals surface area contributed by atoms with Gasteiger partial charge in [-0.05, 0) is 37.7 Å². The van der Waals surface area contributed by atoms with Gasteiger partial charge in [-0.25, -0.2) is 9.98 Å². The highest BCUT2D eigenvalue weighted by atomic mass is 16.5. The zero-order chi connectivity index (χ0) is 22.7. The van der Waals surface area contributed by atoms with Gasteiger partial charge in [0.2, 0.25) is 5.89 Å². The molecule has 0 aliphatic heterocycles. The first-order chi connectivity index (χ1) is 14.9. The Labute approximate surface area is 187 Å². The monoisotopic (exact) mass is 429 g/mol. The molecule has 0 unspecified atom stereocenters. The first-order valence-electron chi connectivity index (χ1n) is 11.3. The average molecular weight is 430 g/mol. The Morgan fingerprint density at radius 2 is 1.81 bits per heavy atom. The third-order valence-electron chi connectivity index (χ3n) is 4.96. The van der Waals surface area contributed by atoms with Gasteiger partial charge in [0.25, 0.3) is 0 Å². The summed E-state index contributed by atoms with van der Waals surface area (Å²) >= 11 is 0. The van der Waals surface area contributed by atoms with E-state index in [-0.39, 0.29) is 5.41 Å². The summed E-state index contributed by atoms with van der Waals surface area (Å²) in [6, 6.07) is 8.13. The van der Waals surface area contributed by atoms with Crippen molar-refractivity contribution in [2.24, 2.45) is 4.99 Å². The Morgan fingerprint density at radius 3 is 2.39 bits per heavy atom. The van der Waals surface area contributed by atoms with Crippen molar-refractivity contribution >= 4 is 5.96 Å². The molecular weight excluding hydrogens is 390 g/mol. The van der Waals surface area contributed by atoms with Gasteiger partial charge >= 0.3 is 0 Å². The smallest absolute Gasteiger partial charge is 0.213 e. The normalized spacial score (nSPS) is 12.3. The molecule has 0 saturated heterocycles. The first kappa shape index (κ1) is 24.7. The molecule has 0 aliphatic carbocycles. The first-order valence-corrected chi connectivity index (χ1v) is 11.3. The van der Waals surface area contributed by atoms with E-state index in [1.54, 1.807) is 6.20 Å². The van der Waals surface area contributed by atoms with Crippen molar-refractivity contribution in [3.63, 3.8) is 0 Å². The predicted octanol–water partition coefficient (Wildman–Crippen LogP) is 3.95. The van der Waals surface area contributed by atoms with E-state index < -0.39 is 0 Å². The molecule has 0 atom stereocenters. The molecule has 0 radical (unpaired) electrons. The number of guanidine groups is 1. The van der Waals surface area contributed by atoms with E-state index in [2.05, 4.69) is 72.3 Å². The van der Waals surface area contributed by atoms with Crippen LogP contribution in [0.1, 0.15) is 58.8 Å². The van der Waals surface area contributed by atoms with Gasteiger partial charge in [0.15, 0.2) is 5.96 Å². The van der Waals surface area contributed by atoms with Crippen LogP contribution in [-0.4, -0.2) is 48.6 Å². The molecule has 172 valence electrons. The molecule has 0 bridgehead atoms. The Morgan fingerprint density at radius 1 is 1.10 bits per heavy atom. The zero-order valence-corrected chi connectivity index (χ0v) is 20.0. The highest BCUT2D eigenvalue weighted by Crippen LogP contribution is 2.22. The molecule has 31 heavy (non-hydrogen) atoms. The van der Waals surface area contributed by atoms with E-state index in [0.717, 1.165) is 49.2 Å². The molecule has 7 heteroatoms. The maximum absolute atomic E-state index is 5.85. The molecular formula is C24H39N5O2. The van der Waals surface area contributed by atoms with Gasteiger partial charge in [0.1, 0.15) is 18.1 Å². The van der Waals surface area contributed by atoms with Crippen LogP contribution in [0.4, 0.5) is 0 Å². The lowest BCUT2D eigenvalue weighted by Gasteiger charge is -2.18. The van der Waals surface area contributed by atoms with Gasteiger partial charge in [-0.1, -0.05) is 46.8 Å². The summed E-state index contributed by atoms with van der Waals surface area (Å²) in [7, 11) is 0. The Hall–Kier alpha value is -2.54. The molecule has 1 aromatic carbocycles. The lowest BCUT2D eigenvalue weighted by atomic mass is 9.94. The zero-order valence-electron chi connectivity index (χ0n) is 20.0. The minimum Gasteiger partial charge on any atom is -0.492 e. The van der Waals surface area contributed by atoms with Crippen molar-refractivity contribution in [2.45, 2.75) is 60.0 Å². The van der Waals surface area contributed by atoms with Crippen LogP contribution in [-0.2, 0) is 18.5 Å². The van der Waals surface area contributed by atoms with Crippen LogP contribution in [0.15, 0.2) is 39.9 Å². The van der Waals surface area contributed by atoms with Crippen LogP contribution in [0.25, 0.3) is 0 Å². The van der Waals surface area contributed by atoms with Crippen LogP contribution >= 0.6 is 0 Å². The molecule has 1 aromatic heterocycles. The minimum absolute atomic E-state index is 0.0505. The highest BCUT2D eigenvalue weighted by molar-refractivity contribution is 5.79.